The van der Waals surface area contributed by atoms with Gasteiger partial charge in [0.1, 0.15) is 10.6 Å². The zero-order valence-electron chi connectivity index (χ0n) is 14.3. The van der Waals surface area contributed by atoms with E-state index in [0.717, 1.165) is 12.8 Å². The van der Waals surface area contributed by atoms with E-state index in [-0.39, 0.29) is 10.9 Å². The summed E-state index contributed by atoms with van der Waals surface area (Å²) in [5.74, 6) is 0.373. The lowest BCUT2D eigenvalue weighted by atomic mass is 10.3. The normalized spacial score (nSPS) is 15.5. The predicted molar refractivity (Wildman–Crippen MR) is 100 cm³/mol. The summed E-state index contributed by atoms with van der Waals surface area (Å²) in [5, 5.41) is 6.56. The van der Waals surface area contributed by atoms with E-state index in [1.54, 1.807) is 18.2 Å². The highest BCUT2D eigenvalue weighted by Crippen LogP contribution is 2.31. The van der Waals surface area contributed by atoms with Crippen LogP contribution in [0.1, 0.15) is 33.6 Å². The Balaban J connectivity index is 2.32. The molecule has 134 valence electrons. The van der Waals surface area contributed by atoms with Crippen molar-refractivity contribution in [1.82, 2.24) is 9.62 Å². The largest absolute Gasteiger partial charge is 0.492 e. The van der Waals surface area contributed by atoms with Crippen molar-refractivity contribution in [2.45, 2.75) is 44.6 Å². The molecule has 0 saturated carbocycles. The van der Waals surface area contributed by atoms with Crippen LogP contribution in [0.3, 0.4) is 0 Å². The number of hydrogen-bond donors (Lipinski definition) is 2. The lowest BCUT2D eigenvalue weighted by molar-refractivity contribution is 0.330. The fourth-order valence-electron chi connectivity index (χ4n) is 2.56. The van der Waals surface area contributed by atoms with Gasteiger partial charge in [0, 0.05) is 24.8 Å². The quantitative estimate of drug-likeness (QED) is 0.749. The molecule has 1 aromatic carbocycles. The standard InChI is InChI=1S/C16H25N3O3S2/c1-4-22-14-8-7-13(18-16(23)17-12(2)3)11-15(14)24(20,21)19-9-5-6-10-19/h7-8,11-12H,4-6,9-10H2,1-3H3,(H2,17,18,23). The van der Waals surface area contributed by atoms with Crippen molar-refractivity contribution in [2.24, 2.45) is 0 Å². The Morgan fingerprint density at radius 3 is 2.58 bits per heavy atom. The molecular weight excluding hydrogens is 346 g/mol. The first-order valence-corrected chi connectivity index (χ1v) is 10.0. The van der Waals surface area contributed by atoms with Crippen molar-refractivity contribution in [3.63, 3.8) is 0 Å². The van der Waals surface area contributed by atoms with Gasteiger partial charge in [0.25, 0.3) is 0 Å². The zero-order chi connectivity index (χ0) is 17.7. The van der Waals surface area contributed by atoms with Crippen LogP contribution in [0.4, 0.5) is 5.69 Å². The molecule has 24 heavy (non-hydrogen) atoms. The third-order valence-electron chi connectivity index (χ3n) is 3.60. The smallest absolute Gasteiger partial charge is 0.246 e. The Labute approximate surface area is 149 Å². The molecule has 2 N–H and O–H groups in total. The predicted octanol–water partition coefficient (Wildman–Crippen LogP) is 2.56. The Morgan fingerprint density at radius 2 is 2.00 bits per heavy atom. The monoisotopic (exact) mass is 371 g/mol. The van der Waals surface area contributed by atoms with Crippen LogP contribution in [0.25, 0.3) is 0 Å². The molecule has 0 atom stereocenters. The van der Waals surface area contributed by atoms with Gasteiger partial charge in [0.15, 0.2) is 5.11 Å². The first kappa shape index (κ1) is 19.0. The number of ether oxygens (including phenoxy) is 1. The molecule has 0 bridgehead atoms. The van der Waals surface area contributed by atoms with Crippen LogP contribution in [-0.4, -0.2) is 43.6 Å². The van der Waals surface area contributed by atoms with Gasteiger partial charge in [-0.15, -0.1) is 0 Å². The van der Waals surface area contributed by atoms with Gasteiger partial charge in [0.2, 0.25) is 10.0 Å². The van der Waals surface area contributed by atoms with Gasteiger partial charge in [-0.1, -0.05) is 0 Å². The van der Waals surface area contributed by atoms with Crippen LogP contribution in [0.2, 0.25) is 0 Å². The van der Waals surface area contributed by atoms with Gasteiger partial charge in [0.05, 0.1) is 6.61 Å². The first-order chi connectivity index (χ1) is 11.3. The lowest BCUT2D eigenvalue weighted by Gasteiger charge is -2.20. The van der Waals surface area contributed by atoms with Crippen molar-refractivity contribution >= 4 is 33.0 Å². The minimum atomic E-state index is -3.57. The molecule has 1 heterocycles. The summed E-state index contributed by atoms with van der Waals surface area (Å²) in [4.78, 5) is 0.184. The van der Waals surface area contributed by atoms with Crippen molar-refractivity contribution < 1.29 is 13.2 Å². The Hall–Kier alpha value is -1.38. The second-order valence-corrected chi connectivity index (χ2v) is 8.27. The van der Waals surface area contributed by atoms with Crippen molar-refractivity contribution in [3.8, 4) is 5.75 Å². The second kappa shape index (κ2) is 8.13. The molecule has 1 saturated heterocycles. The summed E-state index contributed by atoms with van der Waals surface area (Å²) in [6.07, 6.45) is 1.78. The molecule has 0 spiro atoms. The van der Waals surface area contributed by atoms with Crippen molar-refractivity contribution in [3.05, 3.63) is 18.2 Å². The van der Waals surface area contributed by atoms with Crippen LogP contribution < -0.4 is 15.4 Å². The van der Waals surface area contributed by atoms with Gasteiger partial charge in [-0.25, -0.2) is 8.42 Å². The molecular formula is C16H25N3O3S2. The maximum Gasteiger partial charge on any atom is 0.246 e. The summed E-state index contributed by atoms with van der Waals surface area (Å²) < 4.78 is 32.9. The number of sulfonamides is 1. The average molecular weight is 372 g/mol. The Morgan fingerprint density at radius 1 is 1.33 bits per heavy atom. The van der Waals surface area contributed by atoms with E-state index in [2.05, 4.69) is 10.6 Å². The van der Waals surface area contributed by atoms with E-state index >= 15 is 0 Å². The number of nitrogens with one attached hydrogen (secondary N) is 2. The summed E-state index contributed by atoms with van der Waals surface area (Å²) in [6.45, 7) is 7.31. The van der Waals surface area contributed by atoms with Gasteiger partial charge in [-0.05, 0) is 64.0 Å². The number of thiocarbonyl (C=S) groups is 1. The maximum atomic E-state index is 12.9. The summed E-state index contributed by atoms with van der Waals surface area (Å²) in [5.41, 5.74) is 0.620. The van der Waals surface area contributed by atoms with E-state index in [1.807, 2.05) is 20.8 Å². The molecule has 0 aromatic heterocycles. The van der Waals surface area contributed by atoms with Gasteiger partial charge in [-0.3, -0.25) is 0 Å². The average Bonchev–Trinajstić information content (AvgIpc) is 3.03. The number of rotatable bonds is 6. The molecule has 0 unspecified atom stereocenters. The Bertz CT molecular complexity index is 684. The van der Waals surface area contributed by atoms with E-state index in [4.69, 9.17) is 17.0 Å². The SMILES string of the molecule is CCOc1ccc(NC(=S)NC(C)C)cc1S(=O)(=O)N1CCCC1. The Kier molecular flexibility index (Phi) is 6.42. The third kappa shape index (κ3) is 4.58. The summed E-state index contributed by atoms with van der Waals surface area (Å²) in [7, 11) is -3.57. The van der Waals surface area contributed by atoms with Crippen LogP contribution in [0.5, 0.6) is 5.75 Å². The maximum absolute atomic E-state index is 12.9. The van der Waals surface area contributed by atoms with Crippen LogP contribution in [0, 0.1) is 0 Å². The van der Waals surface area contributed by atoms with E-state index in [9.17, 15) is 8.42 Å². The molecule has 0 radical (unpaired) electrons. The number of benzene rings is 1. The topological polar surface area (TPSA) is 70.7 Å². The molecule has 2 rings (SSSR count). The van der Waals surface area contributed by atoms with Gasteiger partial charge >= 0.3 is 0 Å². The zero-order valence-corrected chi connectivity index (χ0v) is 16.0. The molecule has 1 aromatic rings. The highest BCUT2D eigenvalue weighted by molar-refractivity contribution is 7.89. The van der Waals surface area contributed by atoms with Crippen molar-refractivity contribution in [1.29, 1.82) is 0 Å². The van der Waals surface area contributed by atoms with Gasteiger partial charge < -0.3 is 15.4 Å². The third-order valence-corrected chi connectivity index (χ3v) is 5.74. The fraction of sp³-hybridized carbons (Fsp3) is 0.562. The molecule has 0 aliphatic carbocycles. The molecule has 1 fully saturated rings. The van der Waals surface area contributed by atoms with Gasteiger partial charge in [-0.2, -0.15) is 4.31 Å². The lowest BCUT2D eigenvalue weighted by Crippen LogP contribution is -2.34. The second-order valence-electron chi connectivity index (χ2n) is 5.96. The van der Waals surface area contributed by atoms with Crippen LogP contribution in [0.15, 0.2) is 23.1 Å². The minimum Gasteiger partial charge on any atom is -0.492 e. The summed E-state index contributed by atoms with van der Waals surface area (Å²) >= 11 is 5.23. The molecule has 8 heteroatoms. The van der Waals surface area contributed by atoms with E-state index < -0.39 is 10.0 Å². The van der Waals surface area contributed by atoms with Crippen LogP contribution >= 0.6 is 12.2 Å². The molecule has 6 nitrogen and oxygen atoms in total. The summed E-state index contributed by atoms with van der Waals surface area (Å²) in [6, 6.07) is 5.22. The molecule has 1 aliphatic rings. The highest BCUT2D eigenvalue weighted by atomic mass is 32.2. The van der Waals surface area contributed by atoms with E-state index in [1.165, 1.54) is 4.31 Å². The van der Waals surface area contributed by atoms with Crippen molar-refractivity contribution in [2.75, 3.05) is 25.0 Å². The molecule has 0 amide bonds. The number of anilines is 1. The first-order valence-electron chi connectivity index (χ1n) is 8.19. The highest BCUT2D eigenvalue weighted by Gasteiger charge is 2.30. The molecule has 1 aliphatic heterocycles. The van der Waals surface area contributed by atoms with Crippen LogP contribution in [-0.2, 0) is 10.0 Å². The van der Waals surface area contributed by atoms with E-state index in [0.29, 0.717) is 36.2 Å². The number of hydrogen-bond acceptors (Lipinski definition) is 4. The minimum absolute atomic E-state index is 0.184. The fourth-order valence-corrected chi connectivity index (χ4v) is 4.59. The number of nitrogens with zero attached hydrogens (tertiary/aromatic N) is 1.